The summed E-state index contributed by atoms with van der Waals surface area (Å²) in [5.74, 6) is 0.878. The summed E-state index contributed by atoms with van der Waals surface area (Å²) in [6, 6.07) is 10.1. The molecule has 86 valence electrons. The largest absolute Gasteiger partial charge is 0.497 e. The third kappa shape index (κ3) is 2.72. The van der Waals surface area contributed by atoms with Gasteiger partial charge in [-0.3, -0.25) is 4.98 Å². The van der Waals surface area contributed by atoms with Crippen LogP contribution in [0.25, 0.3) is 10.9 Å². The fourth-order valence-electron chi connectivity index (χ4n) is 1.47. The van der Waals surface area contributed by atoms with Crippen LogP contribution in [0.1, 0.15) is 26.5 Å². The van der Waals surface area contributed by atoms with E-state index < -0.39 is 0 Å². The minimum absolute atomic E-state index is 0.878. The lowest BCUT2D eigenvalue weighted by Crippen LogP contribution is -1.88. The zero-order valence-electron chi connectivity index (χ0n) is 10.4. The van der Waals surface area contributed by atoms with E-state index in [9.17, 15) is 0 Å². The second-order valence-electron chi connectivity index (χ2n) is 3.21. The first-order valence-corrected chi connectivity index (χ1v) is 5.77. The summed E-state index contributed by atoms with van der Waals surface area (Å²) in [5, 5.41) is 1.13. The van der Waals surface area contributed by atoms with E-state index in [0.717, 1.165) is 28.8 Å². The number of nitrogens with zero attached hydrogens (tertiary/aromatic N) is 1. The van der Waals surface area contributed by atoms with Crippen LogP contribution in [-0.2, 0) is 6.42 Å². The molecule has 16 heavy (non-hydrogen) atoms. The van der Waals surface area contributed by atoms with Gasteiger partial charge in [0, 0.05) is 11.1 Å². The highest BCUT2D eigenvalue weighted by atomic mass is 16.5. The summed E-state index contributed by atoms with van der Waals surface area (Å²) in [7, 11) is 1.68. The number of hydrogen-bond acceptors (Lipinski definition) is 2. The van der Waals surface area contributed by atoms with E-state index in [1.807, 2.05) is 32.0 Å². The Balaban J connectivity index is 0.000000606. The van der Waals surface area contributed by atoms with Gasteiger partial charge in [-0.1, -0.05) is 26.8 Å². The summed E-state index contributed by atoms with van der Waals surface area (Å²) in [4.78, 5) is 4.51. The van der Waals surface area contributed by atoms with Gasteiger partial charge in [-0.05, 0) is 30.7 Å². The van der Waals surface area contributed by atoms with E-state index in [-0.39, 0.29) is 0 Å². The molecule has 0 aliphatic carbocycles. The molecule has 0 saturated heterocycles. The molecular formula is C14H19NO. The first kappa shape index (κ1) is 12.5. The van der Waals surface area contributed by atoms with E-state index in [0.29, 0.717) is 0 Å². The molecule has 2 aromatic rings. The van der Waals surface area contributed by atoms with Crippen LogP contribution in [0.3, 0.4) is 0 Å². The van der Waals surface area contributed by atoms with Gasteiger partial charge in [0.25, 0.3) is 0 Å². The van der Waals surface area contributed by atoms with Gasteiger partial charge < -0.3 is 4.74 Å². The molecule has 0 fully saturated rings. The minimum atomic E-state index is 0.878. The van der Waals surface area contributed by atoms with Crippen molar-refractivity contribution in [3.8, 4) is 5.75 Å². The number of aryl methyl sites for hydroxylation is 1. The van der Waals surface area contributed by atoms with Gasteiger partial charge in [0.1, 0.15) is 5.75 Å². The zero-order chi connectivity index (χ0) is 12.0. The Morgan fingerprint density at radius 1 is 1.12 bits per heavy atom. The van der Waals surface area contributed by atoms with Crippen LogP contribution in [0.5, 0.6) is 5.75 Å². The maximum atomic E-state index is 5.15. The molecule has 2 heteroatoms. The van der Waals surface area contributed by atoms with Crippen LogP contribution < -0.4 is 4.74 Å². The number of rotatable bonds is 2. The Morgan fingerprint density at radius 2 is 1.88 bits per heavy atom. The van der Waals surface area contributed by atoms with Crippen molar-refractivity contribution in [3.05, 3.63) is 36.0 Å². The Hall–Kier alpha value is -1.57. The Bertz CT molecular complexity index is 408. The molecule has 1 aromatic heterocycles. The quantitative estimate of drug-likeness (QED) is 0.762. The average Bonchev–Trinajstić information content (AvgIpc) is 2.39. The number of benzene rings is 1. The molecule has 0 aliphatic heterocycles. The Kier molecular flexibility index (Phi) is 4.77. The van der Waals surface area contributed by atoms with Crippen LogP contribution in [0.15, 0.2) is 30.3 Å². The Morgan fingerprint density at radius 3 is 2.50 bits per heavy atom. The van der Waals surface area contributed by atoms with Crippen molar-refractivity contribution >= 4 is 10.9 Å². The van der Waals surface area contributed by atoms with Crippen molar-refractivity contribution in [1.82, 2.24) is 4.98 Å². The molecule has 0 amide bonds. The van der Waals surface area contributed by atoms with Crippen LogP contribution in [0, 0.1) is 0 Å². The molecular weight excluding hydrogens is 198 g/mol. The normalized spacial score (nSPS) is 9.50. The lowest BCUT2D eigenvalue weighted by atomic mass is 10.2. The first-order chi connectivity index (χ1) is 7.83. The fourth-order valence-corrected chi connectivity index (χ4v) is 1.47. The van der Waals surface area contributed by atoms with E-state index in [1.54, 1.807) is 7.11 Å². The van der Waals surface area contributed by atoms with Crippen LogP contribution >= 0.6 is 0 Å². The maximum absolute atomic E-state index is 5.15. The van der Waals surface area contributed by atoms with Crippen LogP contribution in [0.4, 0.5) is 0 Å². The number of hydrogen-bond donors (Lipinski definition) is 0. The molecule has 0 radical (unpaired) electrons. The van der Waals surface area contributed by atoms with E-state index in [1.165, 1.54) is 0 Å². The summed E-state index contributed by atoms with van der Waals surface area (Å²) in [6.07, 6.45) is 0.974. The van der Waals surface area contributed by atoms with Crippen molar-refractivity contribution in [3.63, 3.8) is 0 Å². The van der Waals surface area contributed by atoms with Gasteiger partial charge >= 0.3 is 0 Å². The van der Waals surface area contributed by atoms with E-state index >= 15 is 0 Å². The molecule has 0 spiro atoms. The molecule has 0 saturated carbocycles. The second-order valence-corrected chi connectivity index (χ2v) is 3.21. The topological polar surface area (TPSA) is 22.1 Å². The van der Waals surface area contributed by atoms with Crippen LogP contribution in [-0.4, -0.2) is 12.1 Å². The average molecular weight is 217 g/mol. The standard InChI is InChI=1S/C12H13NO.C2H6/c1-3-10-5-4-9-8-11(14-2)6-7-12(9)13-10;1-2/h4-8H,3H2,1-2H3;1-2H3. The van der Waals surface area contributed by atoms with Crippen molar-refractivity contribution in [1.29, 1.82) is 0 Å². The second kappa shape index (κ2) is 6.11. The predicted octanol–water partition coefficient (Wildman–Crippen LogP) is 3.83. The van der Waals surface area contributed by atoms with Gasteiger partial charge in [0.15, 0.2) is 0 Å². The summed E-state index contributed by atoms with van der Waals surface area (Å²) in [6.45, 7) is 6.11. The number of aromatic nitrogens is 1. The zero-order valence-corrected chi connectivity index (χ0v) is 10.4. The number of fused-ring (bicyclic) bond motifs is 1. The molecule has 0 aliphatic rings. The molecule has 0 unspecified atom stereocenters. The van der Waals surface area contributed by atoms with Crippen molar-refractivity contribution in [2.75, 3.05) is 7.11 Å². The highest BCUT2D eigenvalue weighted by Crippen LogP contribution is 2.19. The molecule has 2 rings (SSSR count). The molecule has 0 bridgehead atoms. The van der Waals surface area contributed by atoms with Crippen LogP contribution in [0.2, 0.25) is 0 Å². The molecule has 1 aromatic carbocycles. The monoisotopic (exact) mass is 217 g/mol. The summed E-state index contributed by atoms with van der Waals surface area (Å²) in [5.41, 5.74) is 2.16. The van der Waals surface area contributed by atoms with Gasteiger partial charge in [0.05, 0.1) is 12.6 Å². The Labute approximate surface area is 97.3 Å². The summed E-state index contributed by atoms with van der Waals surface area (Å²) < 4.78 is 5.15. The number of methoxy groups -OCH3 is 1. The number of pyridine rings is 1. The van der Waals surface area contributed by atoms with Gasteiger partial charge in [-0.2, -0.15) is 0 Å². The molecule has 1 heterocycles. The highest BCUT2D eigenvalue weighted by Gasteiger charge is 1.98. The van der Waals surface area contributed by atoms with Crippen molar-refractivity contribution in [2.45, 2.75) is 27.2 Å². The third-order valence-corrected chi connectivity index (χ3v) is 2.32. The smallest absolute Gasteiger partial charge is 0.119 e. The van der Waals surface area contributed by atoms with Crippen molar-refractivity contribution < 1.29 is 4.74 Å². The molecule has 2 nitrogen and oxygen atoms in total. The number of ether oxygens (including phenoxy) is 1. The predicted molar refractivity (Wildman–Crippen MR) is 69.0 cm³/mol. The molecule has 0 atom stereocenters. The molecule has 0 N–H and O–H groups in total. The van der Waals surface area contributed by atoms with E-state index in [2.05, 4.69) is 24.0 Å². The lowest BCUT2D eigenvalue weighted by molar-refractivity contribution is 0.415. The van der Waals surface area contributed by atoms with Gasteiger partial charge in [-0.25, -0.2) is 0 Å². The van der Waals surface area contributed by atoms with Gasteiger partial charge in [0.2, 0.25) is 0 Å². The van der Waals surface area contributed by atoms with E-state index in [4.69, 9.17) is 4.74 Å². The fraction of sp³-hybridized carbons (Fsp3) is 0.357. The SMILES string of the molecule is CC.CCc1ccc2cc(OC)ccc2n1. The van der Waals surface area contributed by atoms with Gasteiger partial charge in [-0.15, -0.1) is 0 Å². The highest BCUT2D eigenvalue weighted by molar-refractivity contribution is 5.80. The summed E-state index contributed by atoms with van der Waals surface area (Å²) >= 11 is 0. The maximum Gasteiger partial charge on any atom is 0.119 e. The minimum Gasteiger partial charge on any atom is -0.497 e. The third-order valence-electron chi connectivity index (χ3n) is 2.32. The lowest BCUT2D eigenvalue weighted by Gasteiger charge is -2.03. The van der Waals surface area contributed by atoms with Crippen molar-refractivity contribution in [2.24, 2.45) is 0 Å². The first-order valence-electron chi connectivity index (χ1n) is 5.77.